The average Bonchev–Trinajstić information content (AvgIpc) is 3.09. The zero-order chi connectivity index (χ0) is 22.0. The fourth-order valence-electron chi connectivity index (χ4n) is 3.75. The third-order valence-corrected chi connectivity index (χ3v) is 5.59. The highest BCUT2D eigenvalue weighted by molar-refractivity contribution is 6.32. The summed E-state index contributed by atoms with van der Waals surface area (Å²) in [6, 6.07) is 17.6. The molecule has 0 fully saturated rings. The van der Waals surface area contributed by atoms with E-state index >= 15 is 0 Å². The van der Waals surface area contributed by atoms with Gasteiger partial charge in [0.1, 0.15) is 11.6 Å². The zero-order valence-electron chi connectivity index (χ0n) is 16.8. The maximum Gasteiger partial charge on any atom is 0.255 e. The summed E-state index contributed by atoms with van der Waals surface area (Å²) in [6.07, 6.45) is 0.00894. The quantitative estimate of drug-likeness (QED) is 0.574. The fraction of sp³-hybridized carbons (Fsp3) is 0.167. The Morgan fingerprint density at radius 3 is 2.58 bits per heavy atom. The van der Waals surface area contributed by atoms with Gasteiger partial charge in [-0.25, -0.2) is 4.39 Å². The number of fused-ring (bicyclic) bond motifs is 1. The molecule has 3 aromatic rings. The van der Waals surface area contributed by atoms with Crippen molar-refractivity contribution >= 4 is 29.1 Å². The number of benzene rings is 3. The number of anilines is 1. The van der Waals surface area contributed by atoms with Crippen molar-refractivity contribution in [2.45, 2.75) is 19.0 Å². The van der Waals surface area contributed by atoms with Crippen LogP contribution in [0.25, 0.3) is 0 Å². The van der Waals surface area contributed by atoms with Crippen molar-refractivity contribution in [1.29, 1.82) is 0 Å². The van der Waals surface area contributed by atoms with Crippen molar-refractivity contribution in [3.8, 4) is 5.75 Å². The van der Waals surface area contributed by atoms with Gasteiger partial charge in [0.15, 0.2) is 0 Å². The van der Waals surface area contributed by atoms with Gasteiger partial charge in [-0.05, 0) is 47.5 Å². The molecule has 5 nitrogen and oxygen atoms in total. The van der Waals surface area contributed by atoms with Gasteiger partial charge in [-0.2, -0.15) is 0 Å². The van der Waals surface area contributed by atoms with Gasteiger partial charge >= 0.3 is 0 Å². The zero-order valence-corrected chi connectivity index (χ0v) is 17.5. The van der Waals surface area contributed by atoms with Gasteiger partial charge in [0.2, 0.25) is 5.91 Å². The summed E-state index contributed by atoms with van der Waals surface area (Å²) in [5.74, 6) is -0.315. The molecule has 0 saturated heterocycles. The summed E-state index contributed by atoms with van der Waals surface area (Å²) >= 11 is 6.14. The molecule has 4 rings (SSSR count). The van der Waals surface area contributed by atoms with Crippen molar-refractivity contribution in [3.05, 3.63) is 94.3 Å². The topological polar surface area (TPSA) is 58.6 Å². The van der Waals surface area contributed by atoms with E-state index in [1.165, 1.54) is 19.2 Å². The summed E-state index contributed by atoms with van der Waals surface area (Å²) in [6.45, 7) is 0.388. The Kier molecular flexibility index (Phi) is 5.91. The predicted octanol–water partition coefficient (Wildman–Crippen LogP) is 5.21. The number of nitrogens with zero attached hydrogens (tertiary/aromatic N) is 1. The number of amides is 2. The van der Waals surface area contributed by atoms with E-state index in [1.54, 1.807) is 41.3 Å². The molecule has 0 aliphatic carbocycles. The Morgan fingerprint density at radius 1 is 1.16 bits per heavy atom. The first-order valence-electron chi connectivity index (χ1n) is 9.74. The Labute approximate surface area is 184 Å². The number of hydrogen-bond donors (Lipinski definition) is 1. The van der Waals surface area contributed by atoms with Gasteiger partial charge < -0.3 is 15.0 Å². The van der Waals surface area contributed by atoms with Crippen LogP contribution in [-0.2, 0) is 11.3 Å². The van der Waals surface area contributed by atoms with E-state index in [9.17, 15) is 14.0 Å². The fourth-order valence-corrected chi connectivity index (χ4v) is 4.01. The highest BCUT2D eigenvalue weighted by Gasteiger charge is 2.34. The van der Waals surface area contributed by atoms with Crippen LogP contribution in [0.3, 0.4) is 0 Å². The Balaban J connectivity index is 1.58. The monoisotopic (exact) mass is 438 g/mol. The van der Waals surface area contributed by atoms with Gasteiger partial charge in [-0.1, -0.05) is 41.9 Å². The summed E-state index contributed by atoms with van der Waals surface area (Å²) in [5.41, 5.74) is 2.73. The third-order valence-electron chi connectivity index (χ3n) is 5.29. The summed E-state index contributed by atoms with van der Waals surface area (Å²) in [4.78, 5) is 27.5. The number of ether oxygens (including phenoxy) is 1. The van der Waals surface area contributed by atoms with Gasteiger partial charge in [0.25, 0.3) is 5.91 Å². The third kappa shape index (κ3) is 4.39. The highest BCUT2D eigenvalue weighted by atomic mass is 35.5. The minimum atomic E-state index is -0.547. The second-order valence-corrected chi connectivity index (χ2v) is 7.67. The van der Waals surface area contributed by atoms with Gasteiger partial charge in [-0.15, -0.1) is 0 Å². The molecular weight excluding hydrogens is 419 g/mol. The SMILES string of the molecule is COc1ccc(NC(=O)C[C@H](c2ccc(F)cc2)N2Cc3ccccc3C2=O)cc1Cl. The van der Waals surface area contributed by atoms with Crippen LogP contribution in [0.5, 0.6) is 5.75 Å². The number of carbonyl (C=O) groups excluding carboxylic acids is 2. The molecule has 0 saturated carbocycles. The van der Waals surface area contributed by atoms with Crippen LogP contribution >= 0.6 is 11.6 Å². The second kappa shape index (κ2) is 8.78. The maximum absolute atomic E-state index is 13.5. The van der Waals surface area contributed by atoms with Gasteiger partial charge in [0.05, 0.1) is 24.6 Å². The molecular formula is C24H20ClFN2O3. The Morgan fingerprint density at radius 2 is 1.90 bits per heavy atom. The molecule has 1 atom stereocenters. The van der Waals surface area contributed by atoms with E-state index < -0.39 is 6.04 Å². The Hall–Kier alpha value is -3.38. The van der Waals surface area contributed by atoms with E-state index in [4.69, 9.17) is 16.3 Å². The van der Waals surface area contributed by atoms with Gasteiger partial charge in [0, 0.05) is 17.8 Å². The van der Waals surface area contributed by atoms with E-state index in [0.717, 1.165) is 5.56 Å². The lowest BCUT2D eigenvalue weighted by atomic mass is 10.0. The standard InChI is InChI=1S/C24H20ClFN2O3/c1-31-22-11-10-18(12-20(22)25)27-23(29)13-21(15-6-8-17(26)9-7-15)28-14-16-4-2-3-5-19(16)24(28)30/h2-12,21H,13-14H2,1H3,(H,27,29)/t21-/m1/s1. The number of carbonyl (C=O) groups is 2. The number of methoxy groups -OCH3 is 1. The van der Waals surface area contributed by atoms with Crippen LogP contribution in [-0.4, -0.2) is 23.8 Å². The van der Waals surface area contributed by atoms with Crippen molar-refractivity contribution < 1.29 is 18.7 Å². The minimum Gasteiger partial charge on any atom is -0.495 e. The molecule has 158 valence electrons. The highest BCUT2D eigenvalue weighted by Crippen LogP contribution is 2.34. The number of hydrogen-bond acceptors (Lipinski definition) is 3. The molecule has 0 spiro atoms. The summed E-state index contributed by atoms with van der Waals surface area (Å²) in [5, 5.41) is 3.19. The number of nitrogens with one attached hydrogen (secondary N) is 1. The molecule has 1 heterocycles. The minimum absolute atomic E-state index is 0.00894. The lowest BCUT2D eigenvalue weighted by molar-refractivity contribution is -0.117. The lowest BCUT2D eigenvalue weighted by Crippen LogP contribution is -2.32. The summed E-state index contributed by atoms with van der Waals surface area (Å²) < 4.78 is 18.6. The largest absolute Gasteiger partial charge is 0.495 e. The second-order valence-electron chi connectivity index (χ2n) is 7.26. The first-order chi connectivity index (χ1) is 15.0. The molecule has 1 aliphatic heterocycles. The van der Waals surface area contributed by atoms with Crippen LogP contribution in [0.2, 0.25) is 5.02 Å². The molecule has 7 heteroatoms. The molecule has 0 radical (unpaired) electrons. The van der Waals surface area contributed by atoms with Gasteiger partial charge in [-0.3, -0.25) is 9.59 Å². The lowest BCUT2D eigenvalue weighted by Gasteiger charge is -2.28. The molecule has 3 aromatic carbocycles. The van der Waals surface area contributed by atoms with Crippen molar-refractivity contribution in [1.82, 2.24) is 4.90 Å². The molecule has 31 heavy (non-hydrogen) atoms. The van der Waals surface area contributed by atoms with E-state index in [0.29, 0.717) is 34.1 Å². The average molecular weight is 439 g/mol. The molecule has 1 N–H and O–H groups in total. The maximum atomic E-state index is 13.5. The molecule has 0 aromatic heterocycles. The molecule has 0 bridgehead atoms. The van der Waals surface area contributed by atoms with E-state index in [1.807, 2.05) is 18.2 Å². The van der Waals surface area contributed by atoms with Crippen molar-refractivity contribution in [2.75, 3.05) is 12.4 Å². The number of halogens is 2. The van der Waals surface area contributed by atoms with E-state index in [-0.39, 0.29) is 24.1 Å². The first kappa shape index (κ1) is 20.9. The van der Waals surface area contributed by atoms with Crippen LogP contribution in [0.15, 0.2) is 66.7 Å². The normalized spacial score (nSPS) is 13.6. The summed E-state index contributed by atoms with van der Waals surface area (Å²) in [7, 11) is 1.51. The number of rotatable bonds is 6. The molecule has 0 unspecified atom stereocenters. The first-order valence-corrected chi connectivity index (χ1v) is 10.1. The van der Waals surface area contributed by atoms with E-state index in [2.05, 4.69) is 5.32 Å². The Bertz CT molecular complexity index is 1130. The smallest absolute Gasteiger partial charge is 0.255 e. The van der Waals surface area contributed by atoms with Crippen LogP contribution in [0.4, 0.5) is 10.1 Å². The predicted molar refractivity (Wildman–Crippen MR) is 117 cm³/mol. The van der Waals surface area contributed by atoms with Crippen molar-refractivity contribution in [2.24, 2.45) is 0 Å². The van der Waals surface area contributed by atoms with Crippen LogP contribution in [0, 0.1) is 5.82 Å². The van der Waals surface area contributed by atoms with Crippen LogP contribution < -0.4 is 10.1 Å². The molecule has 1 aliphatic rings. The van der Waals surface area contributed by atoms with Crippen LogP contribution in [0.1, 0.15) is 33.9 Å². The van der Waals surface area contributed by atoms with Crippen molar-refractivity contribution in [3.63, 3.8) is 0 Å². The molecule has 2 amide bonds.